The molecule has 3 aromatic rings. The van der Waals surface area contributed by atoms with E-state index in [1.54, 1.807) is 12.1 Å². The van der Waals surface area contributed by atoms with Gasteiger partial charge in [0, 0.05) is 11.3 Å². The van der Waals surface area contributed by atoms with Crippen LogP contribution in [0.2, 0.25) is 4.34 Å². The highest BCUT2D eigenvalue weighted by Crippen LogP contribution is 2.32. The molecule has 2 aromatic carbocycles. The van der Waals surface area contributed by atoms with Crippen molar-refractivity contribution in [2.24, 2.45) is 0 Å². The van der Waals surface area contributed by atoms with Crippen molar-refractivity contribution in [2.75, 3.05) is 0 Å². The zero-order valence-corrected chi connectivity index (χ0v) is 15.4. The number of benzene rings is 2. The number of carboxylic acid groups (broad SMARTS) is 1. The molecule has 0 saturated carbocycles. The van der Waals surface area contributed by atoms with E-state index in [1.807, 2.05) is 66.7 Å². The molecule has 0 aliphatic heterocycles. The van der Waals surface area contributed by atoms with E-state index in [9.17, 15) is 9.90 Å². The van der Waals surface area contributed by atoms with Gasteiger partial charge in [-0.3, -0.25) is 0 Å². The summed E-state index contributed by atoms with van der Waals surface area (Å²) in [6, 6.07) is 20.9. The SMILES string of the molecule is O=C(O)[C@H](C/C=C/c1ccccc1)Oc1ccc(-c2ccc(Cl)s2)cc1. The van der Waals surface area contributed by atoms with Gasteiger partial charge in [0.2, 0.25) is 0 Å². The molecule has 5 heteroatoms. The molecule has 132 valence electrons. The van der Waals surface area contributed by atoms with E-state index in [4.69, 9.17) is 16.3 Å². The van der Waals surface area contributed by atoms with Gasteiger partial charge >= 0.3 is 5.97 Å². The highest BCUT2D eigenvalue weighted by atomic mass is 35.5. The van der Waals surface area contributed by atoms with Crippen molar-refractivity contribution in [2.45, 2.75) is 12.5 Å². The smallest absolute Gasteiger partial charge is 0.345 e. The fourth-order valence-corrected chi connectivity index (χ4v) is 3.47. The number of carbonyl (C=O) groups is 1. The Labute approximate surface area is 161 Å². The van der Waals surface area contributed by atoms with Gasteiger partial charge in [-0.2, -0.15) is 0 Å². The van der Waals surface area contributed by atoms with E-state index in [1.165, 1.54) is 11.3 Å². The molecule has 1 N–H and O–H groups in total. The van der Waals surface area contributed by atoms with E-state index >= 15 is 0 Å². The second-order valence-corrected chi connectivity index (χ2v) is 7.34. The first-order valence-corrected chi connectivity index (χ1v) is 9.28. The topological polar surface area (TPSA) is 46.5 Å². The highest BCUT2D eigenvalue weighted by molar-refractivity contribution is 7.19. The average Bonchev–Trinajstić information content (AvgIpc) is 3.08. The molecule has 1 atom stereocenters. The fraction of sp³-hybridized carbons (Fsp3) is 0.0952. The summed E-state index contributed by atoms with van der Waals surface area (Å²) >= 11 is 7.46. The van der Waals surface area contributed by atoms with Crippen LogP contribution in [0.1, 0.15) is 12.0 Å². The number of hydrogen-bond acceptors (Lipinski definition) is 3. The molecule has 0 aliphatic rings. The lowest BCUT2D eigenvalue weighted by Gasteiger charge is -2.13. The number of hydrogen-bond donors (Lipinski definition) is 1. The Morgan fingerprint density at radius 3 is 2.42 bits per heavy atom. The normalized spacial score (nSPS) is 12.2. The van der Waals surface area contributed by atoms with Crippen molar-refractivity contribution in [1.29, 1.82) is 0 Å². The summed E-state index contributed by atoms with van der Waals surface area (Å²) in [4.78, 5) is 12.5. The molecule has 1 heterocycles. The van der Waals surface area contributed by atoms with Crippen LogP contribution in [0.3, 0.4) is 0 Å². The summed E-state index contributed by atoms with van der Waals surface area (Å²) < 4.78 is 6.37. The maximum Gasteiger partial charge on any atom is 0.345 e. The van der Waals surface area contributed by atoms with Crippen LogP contribution in [0.5, 0.6) is 5.75 Å². The van der Waals surface area contributed by atoms with Gasteiger partial charge in [0.25, 0.3) is 0 Å². The lowest BCUT2D eigenvalue weighted by molar-refractivity contribution is -0.144. The monoisotopic (exact) mass is 384 g/mol. The van der Waals surface area contributed by atoms with Crippen molar-refractivity contribution < 1.29 is 14.6 Å². The third kappa shape index (κ3) is 4.97. The Kier molecular flexibility index (Phi) is 6.10. The van der Waals surface area contributed by atoms with Crippen LogP contribution in [0.4, 0.5) is 0 Å². The van der Waals surface area contributed by atoms with Gasteiger partial charge in [-0.05, 0) is 47.5 Å². The predicted molar refractivity (Wildman–Crippen MR) is 107 cm³/mol. The van der Waals surface area contributed by atoms with Crippen molar-refractivity contribution in [3.63, 3.8) is 0 Å². The average molecular weight is 385 g/mol. The molecule has 0 bridgehead atoms. The molecular formula is C21H17ClO3S. The van der Waals surface area contributed by atoms with Crippen molar-refractivity contribution in [3.8, 4) is 16.2 Å². The molecular weight excluding hydrogens is 368 g/mol. The van der Waals surface area contributed by atoms with E-state index < -0.39 is 12.1 Å². The lowest BCUT2D eigenvalue weighted by atomic mass is 10.1. The Balaban J connectivity index is 1.64. The summed E-state index contributed by atoms with van der Waals surface area (Å²) in [5, 5.41) is 9.40. The largest absolute Gasteiger partial charge is 0.478 e. The zero-order valence-electron chi connectivity index (χ0n) is 13.8. The molecule has 0 spiro atoms. The fourth-order valence-electron chi connectivity index (χ4n) is 2.42. The van der Waals surface area contributed by atoms with Gasteiger partial charge in [-0.15, -0.1) is 11.3 Å². The number of rotatable bonds is 7. The van der Waals surface area contributed by atoms with Gasteiger partial charge in [0.15, 0.2) is 6.10 Å². The molecule has 26 heavy (non-hydrogen) atoms. The van der Waals surface area contributed by atoms with Crippen molar-refractivity contribution >= 4 is 35.0 Å². The quantitative estimate of drug-likeness (QED) is 0.543. The predicted octanol–water partition coefficient (Wildman–Crippen LogP) is 6.00. The van der Waals surface area contributed by atoms with Crippen LogP contribution in [-0.4, -0.2) is 17.2 Å². The van der Waals surface area contributed by atoms with E-state index in [2.05, 4.69) is 0 Å². The molecule has 3 nitrogen and oxygen atoms in total. The maximum atomic E-state index is 11.5. The second-order valence-electron chi connectivity index (χ2n) is 5.62. The van der Waals surface area contributed by atoms with Gasteiger partial charge in [-0.25, -0.2) is 4.79 Å². The Morgan fingerprint density at radius 1 is 1.08 bits per heavy atom. The van der Waals surface area contributed by atoms with Crippen LogP contribution in [0.25, 0.3) is 16.5 Å². The minimum atomic E-state index is -0.989. The van der Waals surface area contributed by atoms with E-state index in [0.29, 0.717) is 5.75 Å². The molecule has 1 aromatic heterocycles. The van der Waals surface area contributed by atoms with E-state index in [0.717, 1.165) is 20.3 Å². The standard InChI is InChI=1S/C21H17ClO3S/c22-20-14-13-19(26-20)16-9-11-17(12-10-16)25-18(21(23)24)8-4-7-15-5-2-1-3-6-15/h1-7,9-14,18H,8H2,(H,23,24)/b7-4+/t18-/m0/s1. The van der Waals surface area contributed by atoms with Crippen molar-refractivity contribution in [3.05, 3.63) is 82.7 Å². The zero-order chi connectivity index (χ0) is 18.4. The van der Waals surface area contributed by atoms with Crippen LogP contribution < -0.4 is 4.74 Å². The number of aliphatic carboxylic acids is 1. The molecule has 0 fully saturated rings. The number of thiophene rings is 1. The summed E-state index contributed by atoms with van der Waals surface area (Å²) in [5.41, 5.74) is 2.04. The number of ether oxygens (including phenoxy) is 1. The van der Waals surface area contributed by atoms with Crippen LogP contribution >= 0.6 is 22.9 Å². The third-order valence-corrected chi connectivity index (χ3v) is 5.01. The first-order valence-electron chi connectivity index (χ1n) is 8.08. The summed E-state index contributed by atoms with van der Waals surface area (Å²) in [5.74, 6) is -0.464. The Bertz CT molecular complexity index is 885. The van der Waals surface area contributed by atoms with Gasteiger partial charge < -0.3 is 9.84 Å². The minimum absolute atomic E-state index is 0.284. The van der Waals surface area contributed by atoms with Gasteiger partial charge in [-0.1, -0.05) is 54.1 Å². The molecule has 0 aliphatic carbocycles. The molecule has 0 unspecified atom stereocenters. The lowest BCUT2D eigenvalue weighted by Crippen LogP contribution is -2.26. The van der Waals surface area contributed by atoms with Gasteiger partial charge in [0.05, 0.1) is 4.34 Å². The third-order valence-electron chi connectivity index (χ3n) is 3.73. The maximum absolute atomic E-state index is 11.5. The number of halogens is 1. The minimum Gasteiger partial charge on any atom is -0.478 e. The first kappa shape index (κ1) is 18.2. The van der Waals surface area contributed by atoms with Crippen LogP contribution in [-0.2, 0) is 4.79 Å². The number of carboxylic acids is 1. The summed E-state index contributed by atoms with van der Waals surface area (Å²) in [6.07, 6.45) is 3.06. The van der Waals surface area contributed by atoms with Crippen LogP contribution in [0.15, 0.2) is 72.8 Å². The highest BCUT2D eigenvalue weighted by Gasteiger charge is 2.17. The Hall–Kier alpha value is -2.56. The van der Waals surface area contributed by atoms with Gasteiger partial charge in [0.1, 0.15) is 5.75 Å². The summed E-state index contributed by atoms with van der Waals surface area (Å²) in [6.45, 7) is 0. The first-order chi connectivity index (χ1) is 12.6. The van der Waals surface area contributed by atoms with E-state index in [-0.39, 0.29) is 6.42 Å². The van der Waals surface area contributed by atoms with Crippen LogP contribution in [0, 0.1) is 0 Å². The summed E-state index contributed by atoms with van der Waals surface area (Å²) in [7, 11) is 0. The molecule has 0 amide bonds. The molecule has 0 saturated heterocycles. The Morgan fingerprint density at radius 2 is 1.81 bits per heavy atom. The molecule has 3 rings (SSSR count). The molecule has 0 radical (unpaired) electrons. The van der Waals surface area contributed by atoms with Crippen molar-refractivity contribution in [1.82, 2.24) is 0 Å². The second kappa shape index (κ2) is 8.70.